The zero-order valence-corrected chi connectivity index (χ0v) is 14.5. The van der Waals surface area contributed by atoms with Crippen molar-refractivity contribution in [2.45, 2.75) is 59.8 Å². The zero-order valence-electron chi connectivity index (χ0n) is 14.5. The molecule has 0 saturated carbocycles. The first-order valence-corrected chi connectivity index (χ1v) is 8.22. The second-order valence-corrected chi connectivity index (χ2v) is 6.86. The molecular weight excluding hydrogens is 272 g/mol. The maximum absolute atomic E-state index is 11.0. The lowest BCUT2D eigenvalue weighted by atomic mass is 9.72. The first-order valence-electron chi connectivity index (χ1n) is 8.22. The molecule has 2 heteroatoms. The van der Waals surface area contributed by atoms with Gasteiger partial charge in [-0.25, -0.2) is 0 Å². The van der Waals surface area contributed by atoms with E-state index in [-0.39, 0.29) is 12.0 Å². The normalized spacial score (nSPS) is 19.9. The highest BCUT2D eigenvalue weighted by atomic mass is 16.2. The molecule has 0 aromatic rings. The molecule has 2 nitrogen and oxygen atoms in total. The largest absolute Gasteiger partial charge is 0.396 e. The van der Waals surface area contributed by atoms with Crippen LogP contribution in [0.15, 0.2) is 46.6 Å². The van der Waals surface area contributed by atoms with Crippen molar-refractivity contribution in [3.63, 3.8) is 0 Å². The van der Waals surface area contributed by atoms with Crippen LogP contribution in [0, 0.1) is 5.41 Å². The smallest absolute Gasteiger partial charge is 0.146 e. The summed E-state index contributed by atoms with van der Waals surface area (Å²) >= 11 is 0. The van der Waals surface area contributed by atoms with E-state index in [0.29, 0.717) is 12.8 Å². The fraction of sp³-hybridized carbons (Fsp3) is 0.550. The van der Waals surface area contributed by atoms with Crippen LogP contribution >= 0.6 is 0 Å². The standard InChI is InChI=1S/C20H30O2/c1-16(9-11-18(15-22)8-6-14-21)10-12-19-17(2)7-5-13-20(19,3)4/h9-12,15,21H,5-8,13-14H2,1-4H3/b12-10+,16-9+,18-11-. The Bertz CT molecular complexity index is 502. The Morgan fingerprint density at radius 1 is 1.32 bits per heavy atom. The van der Waals surface area contributed by atoms with E-state index in [4.69, 9.17) is 5.11 Å². The van der Waals surface area contributed by atoms with Crippen molar-refractivity contribution in [3.8, 4) is 0 Å². The highest BCUT2D eigenvalue weighted by Gasteiger charge is 2.26. The van der Waals surface area contributed by atoms with E-state index < -0.39 is 0 Å². The van der Waals surface area contributed by atoms with Crippen molar-refractivity contribution in [1.29, 1.82) is 0 Å². The van der Waals surface area contributed by atoms with E-state index in [2.05, 4.69) is 32.9 Å². The molecule has 0 saturated heterocycles. The van der Waals surface area contributed by atoms with Crippen LogP contribution in [-0.4, -0.2) is 18.0 Å². The first kappa shape index (κ1) is 18.6. The molecule has 0 heterocycles. The first-order chi connectivity index (χ1) is 10.4. The molecular formula is C20H30O2. The fourth-order valence-corrected chi connectivity index (χ4v) is 2.98. The van der Waals surface area contributed by atoms with Crippen LogP contribution in [0.5, 0.6) is 0 Å². The summed E-state index contributed by atoms with van der Waals surface area (Å²) < 4.78 is 0. The number of hydrogen-bond donors (Lipinski definition) is 1. The minimum atomic E-state index is 0.121. The van der Waals surface area contributed by atoms with Crippen LogP contribution < -0.4 is 0 Å². The van der Waals surface area contributed by atoms with E-state index in [9.17, 15) is 4.79 Å². The molecule has 1 N–H and O–H groups in total. The number of carbonyl (C=O) groups excluding carboxylic acids is 1. The molecule has 1 aliphatic carbocycles. The SMILES string of the molecule is CC1=C(/C=C/C(C)=C/C=C(\C=O)CCCO)C(C)(C)CCC1. The van der Waals surface area contributed by atoms with Gasteiger partial charge in [-0.1, -0.05) is 49.3 Å². The number of aldehydes is 1. The Kier molecular flexibility index (Phi) is 7.53. The van der Waals surface area contributed by atoms with E-state index in [1.807, 2.05) is 19.1 Å². The molecule has 22 heavy (non-hydrogen) atoms. The lowest BCUT2D eigenvalue weighted by Gasteiger charge is -2.32. The molecule has 0 aliphatic heterocycles. The number of aliphatic hydroxyl groups is 1. The topological polar surface area (TPSA) is 37.3 Å². The van der Waals surface area contributed by atoms with Crippen molar-refractivity contribution in [3.05, 3.63) is 46.6 Å². The lowest BCUT2D eigenvalue weighted by Crippen LogP contribution is -2.19. The third kappa shape index (κ3) is 5.76. The van der Waals surface area contributed by atoms with Gasteiger partial charge in [-0.05, 0) is 62.5 Å². The number of aliphatic hydroxyl groups excluding tert-OH is 1. The number of allylic oxidation sites excluding steroid dienone is 8. The molecule has 0 aromatic carbocycles. The molecule has 0 spiro atoms. The van der Waals surface area contributed by atoms with E-state index in [1.54, 1.807) is 0 Å². The molecule has 0 aromatic heterocycles. The average molecular weight is 302 g/mol. The Labute approximate surface area is 135 Å². The second-order valence-electron chi connectivity index (χ2n) is 6.86. The molecule has 1 aliphatic rings. The van der Waals surface area contributed by atoms with Crippen molar-refractivity contribution in [1.82, 2.24) is 0 Å². The van der Waals surface area contributed by atoms with Gasteiger partial charge in [0.15, 0.2) is 0 Å². The third-order valence-electron chi connectivity index (χ3n) is 4.39. The number of carbonyl (C=O) groups is 1. The monoisotopic (exact) mass is 302 g/mol. The predicted octanol–water partition coefficient (Wildman–Crippen LogP) is 4.91. The lowest BCUT2D eigenvalue weighted by molar-refractivity contribution is -0.105. The van der Waals surface area contributed by atoms with Crippen LogP contribution in [0.1, 0.15) is 59.8 Å². The molecule has 0 atom stereocenters. The van der Waals surface area contributed by atoms with Crippen molar-refractivity contribution in [2.24, 2.45) is 5.41 Å². The van der Waals surface area contributed by atoms with E-state index >= 15 is 0 Å². The molecule has 1 rings (SSSR count). The van der Waals surface area contributed by atoms with E-state index in [0.717, 1.165) is 17.4 Å². The highest BCUT2D eigenvalue weighted by molar-refractivity contribution is 5.73. The molecule has 0 bridgehead atoms. The summed E-state index contributed by atoms with van der Waals surface area (Å²) in [5, 5.41) is 8.82. The molecule has 0 unspecified atom stereocenters. The zero-order chi connectivity index (χ0) is 16.6. The van der Waals surface area contributed by atoms with Gasteiger partial charge in [0, 0.05) is 6.61 Å². The second kappa shape index (κ2) is 8.89. The summed E-state index contributed by atoms with van der Waals surface area (Å²) in [6.45, 7) is 9.03. The van der Waals surface area contributed by atoms with Crippen LogP contribution in [0.3, 0.4) is 0 Å². The predicted molar refractivity (Wildman–Crippen MR) is 93.7 cm³/mol. The summed E-state index contributed by atoms with van der Waals surface area (Å²) in [5.74, 6) is 0. The van der Waals surface area contributed by atoms with Crippen molar-refractivity contribution in [2.75, 3.05) is 6.61 Å². The summed E-state index contributed by atoms with van der Waals surface area (Å²) in [6.07, 6.45) is 14.1. The number of rotatable bonds is 7. The van der Waals surface area contributed by atoms with Crippen LogP contribution in [0.25, 0.3) is 0 Å². The fourth-order valence-electron chi connectivity index (χ4n) is 2.98. The van der Waals surface area contributed by atoms with Crippen LogP contribution in [0.2, 0.25) is 0 Å². The van der Waals surface area contributed by atoms with Gasteiger partial charge in [0.25, 0.3) is 0 Å². The maximum atomic E-state index is 11.0. The summed E-state index contributed by atoms with van der Waals surface area (Å²) in [5.41, 5.74) is 5.06. The van der Waals surface area contributed by atoms with Crippen LogP contribution in [0.4, 0.5) is 0 Å². The highest BCUT2D eigenvalue weighted by Crippen LogP contribution is 2.40. The summed E-state index contributed by atoms with van der Waals surface area (Å²) in [4.78, 5) is 11.0. The van der Waals surface area contributed by atoms with Gasteiger partial charge in [0.1, 0.15) is 6.29 Å². The van der Waals surface area contributed by atoms with Gasteiger partial charge in [0.2, 0.25) is 0 Å². The number of hydrogen-bond acceptors (Lipinski definition) is 2. The van der Waals surface area contributed by atoms with Crippen molar-refractivity contribution < 1.29 is 9.90 Å². The Hall–Kier alpha value is -1.41. The van der Waals surface area contributed by atoms with Gasteiger partial charge >= 0.3 is 0 Å². The van der Waals surface area contributed by atoms with Gasteiger partial charge in [-0.15, -0.1) is 0 Å². The minimum absolute atomic E-state index is 0.121. The average Bonchev–Trinajstić information content (AvgIpc) is 2.46. The Morgan fingerprint density at radius 2 is 2.05 bits per heavy atom. The molecule has 0 fully saturated rings. The molecule has 122 valence electrons. The molecule has 0 radical (unpaired) electrons. The Balaban J connectivity index is 2.82. The third-order valence-corrected chi connectivity index (χ3v) is 4.39. The van der Waals surface area contributed by atoms with Crippen LogP contribution in [-0.2, 0) is 4.79 Å². The maximum Gasteiger partial charge on any atom is 0.146 e. The minimum Gasteiger partial charge on any atom is -0.396 e. The Morgan fingerprint density at radius 3 is 2.64 bits per heavy atom. The summed E-state index contributed by atoms with van der Waals surface area (Å²) in [7, 11) is 0. The van der Waals surface area contributed by atoms with Gasteiger partial charge < -0.3 is 5.11 Å². The van der Waals surface area contributed by atoms with Crippen molar-refractivity contribution >= 4 is 6.29 Å². The molecule has 0 amide bonds. The van der Waals surface area contributed by atoms with Gasteiger partial charge in [0.05, 0.1) is 0 Å². The van der Waals surface area contributed by atoms with Gasteiger partial charge in [-0.3, -0.25) is 4.79 Å². The van der Waals surface area contributed by atoms with Gasteiger partial charge in [-0.2, -0.15) is 0 Å². The van der Waals surface area contributed by atoms with E-state index in [1.165, 1.54) is 30.4 Å². The quantitative estimate of drug-likeness (QED) is 0.412. The summed E-state index contributed by atoms with van der Waals surface area (Å²) in [6, 6.07) is 0.